The van der Waals surface area contributed by atoms with Gasteiger partial charge < -0.3 is 10.2 Å². The van der Waals surface area contributed by atoms with E-state index in [-0.39, 0.29) is 5.91 Å². The first-order valence-electron chi connectivity index (χ1n) is 8.28. The summed E-state index contributed by atoms with van der Waals surface area (Å²) < 4.78 is 0. The van der Waals surface area contributed by atoms with E-state index >= 15 is 0 Å². The average molecular weight is 312 g/mol. The normalized spacial score (nSPS) is 16.0. The monoisotopic (exact) mass is 312 g/mol. The Bertz CT molecular complexity index is 643. The molecule has 2 aromatic rings. The van der Waals surface area contributed by atoms with Gasteiger partial charge in [0.05, 0.1) is 6.20 Å². The largest absolute Gasteiger partial charge is 0.339 e. The van der Waals surface area contributed by atoms with Crippen LogP contribution in [-0.4, -0.2) is 46.2 Å². The highest BCUT2D eigenvalue weighted by Crippen LogP contribution is 2.21. The molecule has 0 bridgehead atoms. The minimum absolute atomic E-state index is 0.123. The van der Waals surface area contributed by atoms with Crippen molar-refractivity contribution in [3.05, 3.63) is 42.2 Å². The standard InChI is InChI=1S/C18H24N4O/c1-13(2)21-17-6-8-22(9-7-17)18(23)15-5-3-4-14(10-15)16-11-19-20-12-16/h3-5,10-13,17,21H,6-9H2,1-2H3,(H,19,20). The van der Waals surface area contributed by atoms with Crippen LogP contribution in [0, 0.1) is 0 Å². The lowest BCUT2D eigenvalue weighted by atomic mass is 10.0. The topological polar surface area (TPSA) is 61.0 Å². The number of nitrogens with one attached hydrogen (secondary N) is 2. The van der Waals surface area contributed by atoms with E-state index in [4.69, 9.17) is 0 Å². The number of aromatic amines is 1. The smallest absolute Gasteiger partial charge is 0.253 e. The number of H-pyrrole nitrogens is 1. The third-order valence-electron chi connectivity index (χ3n) is 4.29. The Labute approximate surface area is 137 Å². The lowest BCUT2D eigenvalue weighted by Crippen LogP contribution is -2.46. The van der Waals surface area contributed by atoms with E-state index in [2.05, 4.69) is 29.4 Å². The average Bonchev–Trinajstić information content (AvgIpc) is 3.09. The molecule has 1 aliphatic heterocycles. The minimum atomic E-state index is 0.123. The second-order valence-electron chi connectivity index (χ2n) is 6.46. The quantitative estimate of drug-likeness (QED) is 0.912. The van der Waals surface area contributed by atoms with Gasteiger partial charge in [-0.25, -0.2) is 0 Å². The SMILES string of the molecule is CC(C)NC1CCN(C(=O)c2cccc(-c3cn[nH]c3)c2)CC1. The van der Waals surface area contributed by atoms with Crippen LogP contribution in [-0.2, 0) is 0 Å². The van der Waals surface area contributed by atoms with Gasteiger partial charge in [0.1, 0.15) is 0 Å². The van der Waals surface area contributed by atoms with Crippen molar-refractivity contribution in [3.8, 4) is 11.1 Å². The van der Waals surface area contributed by atoms with Crippen LogP contribution >= 0.6 is 0 Å². The van der Waals surface area contributed by atoms with Crippen molar-refractivity contribution >= 4 is 5.91 Å². The van der Waals surface area contributed by atoms with Crippen molar-refractivity contribution in [2.75, 3.05) is 13.1 Å². The first-order valence-corrected chi connectivity index (χ1v) is 8.28. The zero-order valence-corrected chi connectivity index (χ0v) is 13.7. The number of benzene rings is 1. The molecule has 0 radical (unpaired) electrons. The van der Waals surface area contributed by atoms with E-state index in [1.54, 1.807) is 6.20 Å². The maximum absolute atomic E-state index is 12.7. The first kappa shape index (κ1) is 15.7. The Morgan fingerprint density at radius 1 is 1.30 bits per heavy atom. The van der Waals surface area contributed by atoms with Gasteiger partial charge in [-0.05, 0) is 30.5 Å². The first-order chi connectivity index (χ1) is 11.1. The molecular weight excluding hydrogens is 288 g/mol. The molecule has 5 nitrogen and oxygen atoms in total. The number of carbonyl (C=O) groups is 1. The Kier molecular flexibility index (Phi) is 4.76. The van der Waals surface area contributed by atoms with Gasteiger partial charge in [-0.3, -0.25) is 9.89 Å². The fourth-order valence-corrected chi connectivity index (χ4v) is 3.14. The molecule has 1 aromatic heterocycles. The molecule has 0 aliphatic carbocycles. The van der Waals surface area contributed by atoms with Gasteiger partial charge in [0.25, 0.3) is 5.91 Å². The number of amides is 1. The molecule has 0 saturated carbocycles. The van der Waals surface area contributed by atoms with Gasteiger partial charge in [-0.1, -0.05) is 26.0 Å². The molecule has 1 fully saturated rings. The van der Waals surface area contributed by atoms with Crippen molar-refractivity contribution in [3.63, 3.8) is 0 Å². The summed E-state index contributed by atoms with van der Waals surface area (Å²) in [5.74, 6) is 0.123. The van der Waals surface area contributed by atoms with Crippen molar-refractivity contribution in [2.45, 2.75) is 38.8 Å². The third-order valence-corrected chi connectivity index (χ3v) is 4.29. The van der Waals surface area contributed by atoms with E-state index in [9.17, 15) is 4.79 Å². The molecule has 5 heteroatoms. The molecule has 122 valence electrons. The highest BCUT2D eigenvalue weighted by Gasteiger charge is 2.23. The van der Waals surface area contributed by atoms with Gasteiger partial charge in [0.2, 0.25) is 0 Å². The number of hydrogen-bond acceptors (Lipinski definition) is 3. The Balaban J connectivity index is 1.66. The van der Waals surface area contributed by atoms with E-state index < -0.39 is 0 Å². The molecule has 1 saturated heterocycles. The Morgan fingerprint density at radius 3 is 2.74 bits per heavy atom. The van der Waals surface area contributed by atoms with Crippen LogP contribution in [0.3, 0.4) is 0 Å². The van der Waals surface area contributed by atoms with Gasteiger partial charge in [-0.15, -0.1) is 0 Å². The summed E-state index contributed by atoms with van der Waals surface area (Å²) in [6, 6.07) is 8.80. The Morgan fingerprint density at radius 2 is 2.09 bits per heavy atom. The zero-order valence-electron chi connectivity index (χ0n) is 13.7. The number of hydrogen-bond donors (Lipinski definition) is 2. The number of likely N-dealkylation sites (tertiary alicyclic amines) is 1. The van der Waals surface area contributed by atoms with Crippen LogP contribution in [0.25, 0.3) is 11.1 Å². The number of rotatable bonds is 4. The highest BCUT2D eigenvalue weighted by atomic mass is 16.2. The van der Waals surface area contributed by atoms with E-state index in [1.165, 1.54) is 0 Å². The molecule has 0 atom stereocenters. The summed E-state index contributed by atoms with van der Waals surface area (Å²) in [5.41, 5.74) is 2.76. The molecule has 23 heavy (non-hydrogen) atoms. The molecule has 2 heterocycles. The van der Waals surface area contributed by atoms with E-state index in [0.29, 0.717) is 12.1 Å². The lowest BCUT2D eigenvalue weighted by Gasteiger charge is -2.33. The predicted octanol–water partition coefficient (Wildman–Crippen LogP) is 2.68. The maximum Gasteiger partial charge on any atom is 0.253 e. The highest BCUT2D eigenvalue weighted by molar-refractivity contribution is 5.95. The van der Waals surface area contributed by atoms with Gasteiger partial charge >= 0.3 is 0 Å². The molecular formula is C18H24N4O. The van der Waals surface area contributed by atoms with Crippen molar-refractivity contribution in [1.29, 1.82) is 0 Å². The predicted molar refractivity (Wildman–Crippen MR) is 91.2 cm³/mol. The molecule has 1 aliphatic rings. The lowest BCUT2D eigenvalue weighted by molar-refractivity contribution is 0.0703. The number of carbonyl (C=O) groups excluding carboxylic acids is 1. The molecule has 0 spiro atoms. The van der Waals surface area contributed by atoms with Crippen LogP contribution in [0.2, 0.25) is 0 Å². The second-order valence-corrected chi connectivity index (χ2v) is 6.46. The van der Waals surface area contributed by atoms with Gasteiger partial charge in [-0.2, -0.15) is 5.10 Å². The number of nitrogens with zero attached hydrogens (tertiary/aromatic N) is 2. The van der Waals surface area contributed by atoms with Gasteiger partial charge in [0, 0.05) is 42.5 Å². The fraction of sp³-hybridized carbons (Fsp3) is 0.444. The molecule has 0 unspecified atom stereocenters. The molecule has 1 aromatic carbocycles. The molecule has 3 rings (SSSR count). The van der Waals surface area contributed by atoms with Crippen LogP contribution in [0.15, 0.2) is 36.7 Å². The minimum Gasteiger partial charge on any atom is -0.339 e. The maximum atomic E-state index is 12.7. The van der Waals surface area contributed by atoms with Crippen LogP contribution < -0.4 is 5.32 Å². The Hall–Kier alpha value is -2.14. The van der Waals surface area contributed by atoms with Crippen LogP contribution in [0.4, 0.5) is 0 Å². The summed E-state index contributed by atoms with van der Waals surface area (Å²) >= 11 is 0. The summed E-state index contributed by atoms with van der Waals surface area (Å²) in [7, 11) is 0. The van der Waals surface area contributed by atoms with Crippen molar-refractivity contribution in [1.82, 2.24) is 20.4 Å². The van der Waals surface area contributed by atoms with Crippen molar-refractivity contribution < 1.29 is 4.79 Å². The number of piperidine rings is 1. The second kappa shape index (κ2) is 6.96. The fourth-order valence-electron chi connectivity index (χ4n) is 3.14. The summed E-state index contributed by atoms with van der Waals surface area (Å²) in [4.78, 5) is 14.7. The summed E-state index contributed by atoms with van der Waals surface area (Å²) in [5, 5.41) is 10.3. The van der Waals surface area contributed by atoms with Gasteiger partial charge in [0.15, 0.2) is 0 Å². The molecule has 2 N–H and O–H groups in total. The zero-order chi connectivity index (χ0) is 16.2. The van der Waals surface area contributed by atoms with E-state index in [1.807, 2.05) is 35.4 Å². The summed E-state index contributed by atoms with van der Waals surface area (Å²) in [6.45, 7) is 5.97. The summed E-state index contributed by atoms with van der Waals surface area (Å²) in [6.07, 6.45) is 5.65. The third kappa shape index (κ3) is 3.79. The van der Waals surface area contributed by atoms with E-state index in [0.717, 1.165) is 42.6 Å². The number of aromatic nitrogens is 2. The van der Waals surface area contributed by atoms with Crippen LogP contribution in [0.5, 0.6) is 0 Å². The molecule has 1 amide bonds. The van der Waals surface area contributed by atoms with Crippen LogP contribution in [0.1, 0.15) is 37.0 Å². The van der Waals surface area contributed by atoms with Crippen molar-refractivity contribution in [2.24, 2.45) is 0 Å².